The Labute approximate surface area is 183 Å². The zero-order valence-electron chi connectivity index (χ0n) is 20.3. The van der Waals surface area contributed by atoms with Gasteiger partial charge in [-0.25, -0.2) is 0 Å². The quantitative estimate of drug-likeness (QED) is 0.180. The van der Waals surface area contributed by atoms with Crippen molar-refractivity contribution in [3.05, 3.63) is 0 Å². The maximum atomic E-state index is 10.3. The molecule has 0 saturated heterocycles. The van der Waals surface area contributed by atoms with Gasteiger partial charge < -0.3 is 9.84 Å². The minimum Gasteiger partial charge on any atom is -0.481 e. The van der Waals surface area contributed by atoms with Crippen LogP contribution in [0.1, 0.15) is 149 Å². The average molecular weight is 415 g/mol. The van der Waals surface area contributed by atoms with Gasteiger partial charge in [0.2, 0.25) is 0 Å². The Hall–Kier alpha value is -0.570. The van der Waals surface area contributed by atoms with Gasteiger partial charge >= 0.3 is 5.97 Å². The van der Waals surface area contributed by atoms with Crippen LogP contribution in [0.25, 0.3) is 0 Å². The molecule has 1 N–H and O–H groups in total. The molecule has 0 spiro atoms. The molecule has 0 heterocycles. The summed E-state index contributed by atoms with van der Waals surface area (Å²) in [6, 6.07) is 0. The molecule has 0 aromatic carbocycles. The lowest BCUT2D eigenvalue weighted by molar-refractivity contribution is -0.137. The molecule has 0 aliphatic carbocycles. The van der Waals surface area contributed by atoms with Gasteiger partial charge in [-0.3, -0.25) is 4.79 Å². The normalized spacial score (nSPS) is 10.6. The molecule has 0 atom stereocenters. The summed E-state index contributed by atoms with van der Waals surface area (Å²) in [5.74, 6) is -0.653. The van der Waals surface area contributed by atoms with Crippen LogP contribution in [-0.4, -0.2) is 24.3 Å². The van der Waals surface area contributed by atoms with Crippen LogP contribution in [0.15, 0.2) is 0 Å². The maximum absolute atomic E-state index is 10.3. The number of carboxylic acids is 1. The van der Waals surface area contributed by atoms with Crippen LogP contribution in [0, 0.1) is 0 Å². The molecule has 0 aliphatic rings. The first-order valence-electron chi connectivity index (χ1n) is 13.0. The third-order valence-electron chi connectivity index (χ3n) is 5.28. The van der Waals surface area contributed by atoms with E-state index in [4.69, 9.17) is 9.84 Å². The topological polar surface area (TPSA) is 46.5 Å². The first kappa shape index (κ1) is 30.6. The number of hydrogen-bond donors (Lipinski definition) is 1. The van der Waals surface area contributed by atoms with Gasteiger partial charge in [-0.05, 0) is 19.3 Å². The zero-order valence-corrected chi connectivity index (χ0v) is 20.3. The van der Waals surface area contributed by atoms with Gasteiger partial charge in [-0.2, -0.15) is 0 Å². The summed E-state index contributed by atoms with van der Waals surface area (Å²) in [6.45, 7) is 8.55. The van der Waals surface area contributed by atoms with Gasteiger partial charge in [0.25, 0.3) is 0 Å². The summed E-state index contributed by atoms with van der Waals surface area (Å²) in [6.07, 6.45) is 25.1. The summed E-state index contributed by atoms with van der Waals surface area (Å²) >= 11 is 0. The number of ether oxygens (including phenoxy) is 1. The van der Waals surface area contributed by atoms with Crippen molar-refractivity contribution in [1.29, 1.82) is 0 Å². The van der Waals surface area contributed by atoms with Crippen LogP contribution in [0.2, 0.25) is 0 Å². The van der Waals surface area contributed by atoms with Crippen molar-refractivity contribution in [3.8, 4) is 0 Å². The van der Waals surface area contributed by atoms with Crippen molar-refractivity contribution < 1.29 is 14.6 Å². The Morgan fingerprint density at radius 3 is 1.14 bits per heavy atom. The SMILES string of the molecule is CCCCCCCCCCCCCCCCCC(=O)O.CCCCOCCCC. The molecule has 3 heteroatoms. The number of carbonyl (C=O) groups is 1. The molecule has 0 aromatic heterocycles. The van der Waals surface area contributed by atoms with Crippen molar-refractivity contribution in [3.63, 3.8) is 0 Å². The minimum atomic E-state index is -0.653. The number of aliphatic carboxylic acids is 1. The van der Waals surface area contributed by atoms with Gasteiger partial charge in [0, 0.05) is 19.6 Å². The molecule has 0 saturated carbocycles. The van der Waals surface area contributed by atoms with Crippen molar-refractivity contribution >= 4 is 5.97 Å². The van der Waals surface area contributed by atoms with Crippen LogP contribution >= 0.6 is 0 Å². The fourth-order valence-corrected chi connectivity index (χ4v) is 3.24. The van der Waals surface area contributed by atoms with Gasteiger partial charge in [0.1, 0.15) is 0 Å². The second-order valence-electron chi connectivity index (χ2n) is 8.41. The largest absolute Gasteiger partial charge is 0.481 e. The van der Waals surface area contributed by atoms with Crippen molar-refractivity contribution in [2.75, 3.05) is 13.2 Å². The summed E-state index contributed by atoms with van der Waals surface area (Å²) in [5.41, 5.74) is 0. The third kappa shape index (κ3) is 35.3. The lowest BCUT2D eigenvalue weighted by Crippen LogP contribution is -1.95. The molecule has 176 valence electrons. The highest BCUT2D eigenvalue weighted by atomic mass is 16.5. The second-order valence-corrected chi connectivity index (χ2v) is 8.41. The molecular weight excluding hydrogens is 360 g/mol. The predicted molar refractivity (Wildman–Crippen MR) is 128 cm³/mol. The fraction of sp³-hybridized carbons (Fsp3) is 0.962. The van der Waals surface area contributed by atoms with E-state index in [0.29, 0.717) is 6.42 Å². The van der Waals surface area contributed by atoms with E-state index in [9.17, 15) is 4.79 Å². The first-order valence-corrected chi connectivity index (χ1v) is 13.0. The second kappa shape index (κ2) is 29.6. The van der Waals surface area contributed by atoms with Gasteiger partial charge in [0.05, 0.1) is 0 Å². The molecule has 0 aromatic rings. The Morgan fingerprint density at radius 2 is 0.828 bits per heavy atom. The Morgan fingerprint density at radius 1 is 0.517 bits per heavy atom. The van der Waals surface area contributed by atoms with E-state index in [-0.39, 0.29) is 0 Å². The van der Waals surface area contributed by atoms with Crippen LogP contribution in [-0.2, 0) is 9.53 Å². The maximum Gasteiger partial charge on any atom is 0.303 e. The molecule has 29 heavy (non-hydrogen) atoms. The van der Waals surface area contributed by atoms with E-state index in [1.165, 1.54) is 109 Å². The standard InChI is InChI=1S/C18H36O2.C8H18O/c1-2-3-4-5-6-7-8-9-10-11-12-13-14-15-16-17-18(19)20;1-3-5-7-9-8-6-4-2/h2-17H2,1H3,(H,19,20);3-8H2,1-2H3. The highest BCUT2D eigenvalue weighted by Gasteiger charge is 1.97. The van der Waals surface area contributed by atoms with Crippen molar-refractivity contribution in [1.82, 2.24) is 0 Å². The number of unbranched alkanes of at least 4 members (excludes halogenated alkanes) is 16. The molecule has 0 fully saturated rings. The molecule has 0 bridgehead atoms. The number of rotatable bonds is 22. The Kier molecular flexibility index (Phi) is 31.3. The van der Waals surface area contributed by atoms with E-state index in [2.05, 4.69) is 20.8 Å². The summed E-state index contributed by atoms with van der Waals surface area (Å²) < 4.78 is 5.31. The van der Waals surface area contributed by atoms with Gasteiger partial charge in [0.15, 0.2) is 0 Å². The Balaban J connectivity index is 0. The van der Waals surface area contributed by atoms with Gasteiger partial charge in [-0.1, -0.05) is 124 Å². The van der Waals surface area contributed by atoms with Crippen LogP contribution < -0.4 is 0 Å². The van der Waals surface area contributed by atoms with Crippen LogP contribution in [0.3, 0.4) is 0 Å². The summed E-state index contributed by atoms with van der Waals surface area (Å²) in [5, 5.41) is 8.52. The highest BCUT2D eigenvalue weighted by Crippen LogP contribution is 2.13. The zero-order chi connectivity index (χ0) is 21.8. The molecule has 3 nitrogen and oxygen atoms in total. The number of carboxylic acid groups (broad SMARTS) is 1. The van der Waals surface area contributed by atoms with E-state index >= 15 is 0 Å². The Bertz CT molecular complexity index is 286. The molecular formula is C26H54O3. The predicted octanol–water partition coefficient (Wildman–Crippen LogP) is 8.94. The lowest BCUT2D eigenvalue weighted by Gasteiger charge is -2.03. The molecule has 0 aliphatic heterocycles. The molecule has 0 amide bonds. The van der Waals surface area contributed by atoms with Crippen molar-refractivity contribution in [2.45, 2.75) is 149 Å². The van der Waals surface area contributed by atoms with Crippen LogP contribution in [0.4, 0.5) is 0 Å². The average Bonchev–Trinajstić information content (AvgIpc) is 2.71. The van der Waals surface area contributed by atoms with E-state index < -0.39 is 5.97 Å². The molecule has 0 unspecified atom stereocenters. The monoisotopic (exact) mass is 414 g/mol. The first-order chi connectivity index (χ1) is 14.2. The van der Waals surface area contributed by atoms with Crippen molar-refractivity contribution in [2.24, 2.45) is 0 Å². The van der Waals surface area contributed by atoms with E-state index in [1.54, 1.807) is 0 Å². The summed E-state index contributed by atoms with van der Waals surface area (Å²) in [7, 11) is 0. The highest BCUT2D eigenvalue weighted by molar-refractivity contribution is 5.66. The minimum absolute atomic E-state index is 0.345. The smallest absolute Gasteiger partial charge is 0.303 e. The lowest BCUT2D eigenvalue weighted by atomic mass is 10.0. The number of hydrogen-bond acceptors (Lipinski definition) is 2. The van der Waals surface area contributed by atoms with E-state index in [0.717, 1.165) is 26.1 Å². The third-order valence-corrected chi connectivity index (χ3v) is 5.28. The molecule has 0 rings (SSSR count). The summed E-state index contributed by atoms with van der Waals surface area (Å²) in [4.78, 5) is 10.3. The fourth-order valence-electron chi connectivity index (χ4n) is 3.24. The van der Waals surface area contributed by atoms with Gasteiger partial charge in [-0.15, -0.1) is 0 Å². The van der Waals surface area contributed by atoms with E-state index in [1.807, 2.05) is 0 Å². The van der Waals surface area contributed by atoms with Crippen LogP contribution in [0.5, 0.6) is 0 Å². The molecule has 0 radical (unpaired) electrons.